The Labute approximate surface area is 163 Å². The van der Waals surface area contributed by atoms with Gasteiger partial charge in [-0.15, -0.1) is 0 Å². The van der Waals surface area contributed by atoms with Crippen LogP contribution in [-0.2, 0) is 11.2 Å². The molecule has 2 aromatic heterocycles. The summed E-state index contributed by atoms with van der Waals surface area (Å²) in [5.74, 6) is 2.07. The van der Waals surface area contributed by atoms with Crippen LogP contribution in [0.2, 0.25) is 0 Å². The Hall–Kier alpha value is -3.42. The summed E-state index contributed by atoms with van der Waals surface area (Å²) in [6, 6.07) is 11.6. The van der Waals surface area contributed by atoms with Gasteiger partial charge in [0.2, 0.25) is 0 Å². The molecular formula is C20H22N6O2. The molecule has 1 aliphatic heterocycles. The fourth-order valence-corrected chi connectivity index (χ4v) is 3.11. The Morgan fingerprint density at radius 3 is 3.00 bits per heavy atom. The van der Waals surface area contributed by atoms with Crippen LogP contribution in [-0.4, -0.2) is 44.8 Å². The van der Waals surface area contributed by atoms with Crippen molar-refractivity contribution in [2.24, 2.45) is 0 Å². The molecule has 0 aliphatic carbocycles. The predicted octanol–water partition coefficient (Wildman–Crippen LogP) is 1.89. The molecule has 1 aromatic carbocycles. The Bertz CT molecular complexity index is 971. The van der Waals surface area contributed by atoms with Crippen molar-refractivity contribution < 1.29 is 9.53 Å². The van der Waals surface area contributed by atoms with Gasteiger partial charge in [0.1, 0.15) is 17.9 Å². The number of fused-ring (bicyclic) bond motifs is 1. The van der Waals surface area contributed by atoms with E-state index in [-0.39, 0.29) is 5.91 Å². The Kier molecular flexibility index (Phi) is 5.18. The van der Waals surface area contributed by atoms with Crippen LogP contribution in [0.1, 0.15) is 17.7 Å². The highest BCUT2D eigenvalue weighted by atomic mass is 16.5. The van der Waals surface area contributed by atoms with E-state index in [9.17, 15) is 4.79 Å². The van der Waals surface area contributed by atoms with Crippen molar-refractivity contribution in [1.29, 1.82) is 0 Å². The molecule has 0 bridgehead atoms. The van der Waals surface area contributed by atoms with E-state index < -0.39 is 6.10 Å². The van der Waals surface area contributed by atoms with Crippen molar-refractivity contribution in [3.63, 3.8) is 0 Å². The second kappa shape index (κ2) is 8.08. The van der Waals surface area contributed by atoms with Crippen LogP contribution in [0.5, 0.6) is 5.75 Å². The Morgan fingerprint density at radius 1 is 1.25 bits per heavy atom. The molecule has 2 N–H and O–H groups in total. The number of para-hydroxylation sites is 1. The molecule has 1 aliphatic rings. The molecule has 8 heteroatoms. The fourth-order valence-electron chi connectivity index (χ4n) is 3.11. The van der Waals surface area contributed by atoms with Gasteiger partial charge in [0.05, 0.1) is 5.69 Å². The van der Waals surface area contributed by atoms with Crippen LogP contribution >= 0.6 is 0 Å². The number of rotatable bonds is 6. The van der Waals surface area contributed by atoms with E-state index in [2.05, 4.69) is 25.7 Å². The molecule has 1 atom stereocenters. The molecule has 8 nitrogen and oxygen atoms in total. The summed E-state index contributed by atoms with van der Waals surface area (Å²) in [7, 11) is 0. The van der Waals surface area contributed by atoms with Crippen LogP contribution in [0.25, 0.3) is 5.82 Å². The van der Waals surface area contributed by atoms with Gasteiger partial charge in [-0.25, -0.2) is 14.6 Å². The molecule has 3 aromatic rings. The van der Waals surface area contributed by atoms with Crippen LogP contribution in [0, 0.1) is 6.92 Å². The third kappa shape index (κ3) is 4.11. The monoisotopic (exact) mass is 378 g/mol. The maximum Gasteiger partial charge on any atom is 0.261 e. The molecule has 0 spiro atoms. The average molecular weight is 378 g/mol. The first-order valence-electron chi connectivity index (χ1n) is 9.30. The van der Waals surface area contributed by atoms with E-state index in [4.69, 9.17) is 4.74 Å². The standard InChI is InChI=1S/C20H22N6O2/c1-14-8-11-26(25-14)19-12-18(23-13-24-19)21-9-10-22-20(27)17-7-6-15-4-2-3-5-16(15)28-17/h2-5,8,11-13,17H,6-7,9-10H2,1H3,(H,22,27)(H,21,23,24). The molecule has 0 saturated carbocycles. The molecule has 144 valence electrons. The highest BCUT2D eigenvalue weighted by Gasteiger charge is 2.25. The summed E-state index contributed by atoms with van der Waals surface area (Å²) in [6.07, 6.45) is 4.44. The summed E-state index contributed by atoms with van der Waals surface area (Å²) in [5, 5.41) is 10.4. The first kappa shape index (κ1) is 18.0. The zero-order valence-corrected chi connectivity index (χ0v) is 15.6. The first-order chi connectivity index (χ1) is 13.7. The summed E-state index contributed by atoms with van der Waals surface area (Å²) >= 11 is 0. The van der Waals surface area contributed by atoms with E-state index >= 15 is 0 Å². The van der Waals surface area contributed by atoms with Crippen molar-refractivity contribution in [1.82, 2.24) is 25.1 Å². The number of aromatic nitrogens is 4. The lowest BCUT2D eigenvalue weighted by atomic mass is 10.0. The smallest absolute Gasteiger partial charge is 0.261 e. The van der Waals surface area contributed by atoms with Crippen LogP contribution in [0.3, 0.4) is 0 Å². The number of carbonyl (C=O) groups excluding carboxylic acids is 1. The number of nitrogens with zero attached hydrogens (tertiary/aromatic N) is 4. The lowest BCUT2D eigenvalue weighted by Crippen LogP contribution is -2.42. The number of hydrogen-bond donors (Lipinski definition) is 2. The SMILES string of the molecule is Cc1ccn(-c2cc(NCCNC(=O)C3CCc4ccccc4O3)ncn2)n1. The van der Waals surface area contributed by atoms with Gasteiger partial charge in [-0.1, -0.05) is 18.2 Å². The van der Waals surface area contributed by atoms with Gasteiger partial charge in [-0.05, 0) is 37.5 Å². The zero-order valence-electron chi connectivity index (χ0n) is 15.6. The molecule has 0 saturated heterocycles. The molecule has 0 fully saturated rings. The molecule has 4 rings (SSSR count). The van der Waals surface area contributed by atoms with Gasteiger partial charge in [0, 0.05) is 25.4 Å². The zero-order chi connectivity index (χ0) is 19.3. The Balaban J connectivity index is 1.25. The van der Waals surface area contributed by atoms with E-state index in [1.807, 2.05) is 49.5 Å². The first-order valence-corrected chi connectivity index (χ1v) is 9.30. The van der Waals surface area contributed by atoms with Crippen molar-refractivity contribution in [3.05, 3.63) is 60.2 Å². The molecule has 0 radical (unpaired) electrons. The maximum absolute atomic E-state index is 12.4. The second-order valence-electron chi connectivity index (χ2n) is 6.63. The predicted molar refractivity (Wildman–Crippen MR) is 105 cm³/mol. The lowest BCUT2D eigenvalue weighted by molar-refractivity contribution is -0.128. The number of ether oxygens (including phenoxy) is 1. The molecule has 28 heavy (non-hydrogen) atoms. The second-order valence-corrected chi connectivity index (χ2v) is 6.63. The largest absolute Gasteiger partial charge is 0.480 e. The summed E-state index contributed by atoms with van der Waals surface area (Å²) in [4.78, 5) is 20.8. The highest BCUT2D eigenvalue weighted by Crippen LogP contribution is 2.26. The van der Waals surface area contributed by atoms with Gasteiger partial charge < -0.3 is 15.4 Å². The van der Waals surface area contributed by atoms with Crippen molar-refractivity contribution in [2.75, 3.05) is 18.4 Å². The molecular weight excluding hydrogens is 356 g/mol. The minimum atomic E-state index is -0.441. The minimum Gasteiger partial charge on any atom is -0.480 e. The van der Waals surface area contributed by atoms with E-state index in [1.54, 1.807) is 4.68 Å². The molecule has 1 amide bonds. The highest BCUT2D eigenvalue weighted by molar-refractivity contribution is 5.81. The normalized spacial score (nSPS) is 15.4. The van der Waals surface area contributed by atoms with Gasteiger partial charge in [-0.3, -0.25) is 4.79 Å². The number of anilines is 1. The van der Waals surface area contributed by atoms with Gasteiger partial charge in [0.15, 0.2) is 11.9 Å². The number of carbonyl (C=O) groups is 1. The Morgan fingerprint density at radius 2 is 2.14 bits per heavy atom. The number of hydrogen-bond acceptors (Lipinski definition) is 6. The van der Waals surface area contributed by atoms with E-state index in [1.165, 1.54) is 6.33 Å². The number of amides is 1. The minimum absolute atomic E-state index is 0.0910. The maximum atomic E-state index is 12.4. The van der Waals surface area contributed by atoms with Gasteiger partial charge in [0.25, 0.3) is 5.91 Å². The van der Waals surface area contributed by atoms with Crippen LogP contribution in [0.15, 0.2) is 48.9 Å². The number of aryl methyl sites for hydroxylation is 2. The summed E-state index contributed by atoms with van der Waals surface area (Å²) < 4.78 is 7.51. The van der Waals surface area contributed by atoms with E-state index in [0.29, 0.717) is 31.1 Å². The fraction of sp³-hybridized carbons (Fsp3) is 0.300. The van der Waals surface area contributed by atoms with Gasteiger partial charge in [-0.2, -0.15) is 5.10 Å². The van der Waals surface area contributed by atoms with Gasteiger partial charge >= 0.3 is 0 Å². The molecule has 3 heterocycles. The summed E-state index contributed by atoms with van der Waals surface area (Å²) in [5.41, 5.74) is 2.07. The summed E-state index contributed by atoms with van der Waals surface area (Å²) in [6.45, 7) is 2.94. The van der Waals surface area contributed by atoms with E-state index in [0.717, 1.165) is 23.4 Å². The van der Waals surface area contributed by atoms with Crippen molar-refractivity contribution >= 4 is 11.7 Å². The topological polar surface area (TPSA) is 94.0 Å². The number of nitrogens with one attached hydrogen (secondary N) is 2. The lowest BCUT2D eigenvalue weighted by Gasteiger charge is -2.25. The van der Waals surface area contributed by atoms with Crippen LogP contribution < -0.4 is 15.4 Å². The number of benzene rings is 1. The quantitative estimate of drug-likeness (QED) is 0.636. The third-order valence-corrected chi connectivity index (χ3v) is 4.55. The van der Waals surface area contributed by atoms with Crippen molar-refractivity contribution in [3.8, 4) is 11.6 Å². The molecule has 1 unspecified atom stereocenters. The van der Waals surface area contributed by atoms with Crippen molar-refractivity contribution in [2.45, 2.75) is 25.9 Å². The van der Waals surface area contributed by atoms with Crippen LogP contribution in [0.4, 0.5) is 5.82 Å². The third-order valence-electron chi connectivity index (χ3n) is 4.55. The average Bonchev–Trinajstić information content (AvgIpc) is 3.17.